The molecule has 0 saturated heterocycles. The van der Waals surface area contributed by atoms with Crippen molar-refractivity contribution in [1.29, 1.82) is 0 Å². The molecule has 0 spiro atoms. The van der Waals surface area contributed by atoms with E-state index in [1.54, 1.807) is 0 Å². The van der Waals surface area contributed by atoms with E-state index in [2.05, 4.69) is 4.99 Å². The number of benzene rings is 1. The van der Waals surface area contributed by atoms with Crippen LogP contribution in [0.3, 0.4) is 0 Å². The summed E-state index contributed by atoms with van der Waals surface area (Å²) < 4.78 is 26.4. The van der Waals surface area contributed by atoms with Gasteiger partial charge < -0.3 is 0 Å². The highest BCUT2D eigenvalue weighted by Gasteiger charge is 2.19. The van der Waals surface area contributed by atoms with Gasteiger partial charge in [-0.2, -0.15) is 0 Å². The van der Waals surface area contributed by atoms with E-state index < -0.39 is 12.0 Å². The number of carbonyl (C=O) groups is 1. The number of fused-ring (bicyclic) bond motifs is 1. The van der Waals surface area contributed by atoms with Gasteiger partial charge in [0.25, 0.3) is 0 Å². The van der Waals surface area contributed by atoms with E-state index >= 15 is 0 Å². The first-order valence-electron chi connectivity index (χ1n) is 4.59. The van der Waals surface area contributed by atoms with Crippen LogP contribution in [0.5, 0.6) is 0 Å². The molecule has 15 heavy (non-hydrogen) atoms. The summed E-state index contributed by atoms with van der Waals surface area (Å²) in [6.07, 6.45) is -0.0328. The zero-order chi connectivity index (χ0) is 11.0. The van der Waals surface area contributed by atoms with Crippen molar-refractivity contribution in [2.45, 2.75) is 19.5 Å². The maximum absolute atomic E-state index is 13.4. The SMILES string of the molecule is CC(=O)c1cc(F)c2c(c1)CC(F)C=N2. The first-order valence-corrected chi connectivity index (χ1v) is 4.59. The molecular weight excluding hydrogens is 200 g/mol. The number of nitrogens with zero attached hydrogens (tertiary/aromatic N) is 1. The van der Waals surface area contributed by atoms with Crippen LogP contribution in [0, 0.1) is 5.82 Å². The van der Waals surface area contributed by atoms with Crippen LogP contribution >= 0.6 is 0 Å². The summed E-state index contributed by atoms with van der Waals surface area (Å²) in [7, 11) is 0. The Morgan fingerprint density at radius 3 is 2.93 bits per heavy atom. The molecule has 0 aliphatic carbocycles. The topological polar surface area (TPSA) is 29.4 Å². The smallest absolute Gasteiger partial charge is 0.159 e. The summed E-state index contributed by atoms with van der Waals surface area (Å²) in [5.41, 5.74) is 0.861. The van der Waals surface area contributed by atoms with Crippen molar-refractivity contribution in [2.24, 2.45) is 4.99 Å². The molecule has 0 fully saturated rings. The molecule has 0 aromatic heterocycles. The summed E-state index contributed by atoms with van der Waals surface area (Å²) >= 11 is 0. The number of Topliss-reactive ketones (excluding diaryl/α,β-unsaturated/α-hetero) is 1. The third-order valence-electron chi connectivity index (χ3n) is 2.33. The highest BCUT2D eigenvalue weighted by atomic mass is 19.1. The standard InChI is InChI=1S/C11H9F2NO/c1-6(15)7-2-8-3-9(12)5-14-11(8)10(13)4-7/h2,4-5,9H,3H2,1H3. The zero-order valence-electron chi connectivity index (χ0n) is 8.13. The second-order valence-corrected chi connectivity index (χ2v) is 3.52. The molecule has 0 amide bonds. The van der Waals surface area contributed by atoms with Crippen molar-refractivity contribution < 1.29 is 13.6 Å². The molecule has 2 rings (SSSR count). The van der Waals surface area contributed by atoms with Crippen LogP contribution < -0.4 is 0 Å². The number of hydrogen-bond acceptors (Lipinski definition) is 2. The van der Waals surface area contributed by atoms with Crippen molar-refractivity contribution in [3.05, 3.63) is 29.1 Å². The lowest BCUT2D eigenvalue weighted by molar-refractivity contribution is 0.101. The van der Waals surface area contributed by atoms with Crippen LogP contribution in [0.1, 0.15) is 22.8 Å². The minimum Gasteiger partial charge on any atom is -0.295 e. The van der Waals surface area contributed by atoms with Crippen molar-refractivity contribution in [3.63, 3.8) is 0 Å². The van der Waals surface area contributed by atoms with E-state index in [9.17, 15) is 13.6 Å². The molecule has 1 aromatic carbocycles. The maximum atomic E-state index is 13.4. The van der Waals surface area contributed by atoms with Gasteiger partial charge in [-0.3, -0.25) is 9.79 Å². The molecule has 0 saturated carbocycles. The lowest BCUT2D eigenvalue weighted by Gasteiger charge is -2.14. The fourth-order valence-electron chi connectivity index (χ4n) is 1.58. The molecule has 1 heterocycles. The number of rotatable bonds is 1. The van der Waals surface area contributed by atoms with E-state index in [4.69, 9.17) is 0 Å². The van der Waals surface area contributed by atoms with E-state index in [1.807, 2.05) is 0 Å². The van der Waals surface area contributed by atoms with Crippen LogP contribution in [0.2, 0.25) is 0 Å². The minimum absolute atomic E-state index is 0.0802. The first kappa shape index (κ1) is 9.96. The number of alkyl halides is 1. The summed E-state index contributed by atoms with van der Waals surface area (Å²) in [6, 6.07) is 2.64. The van der Waals surface area contributed by atoms with Gasteiger partial charge in [0.1, 0.15) is 17.7 Å². The monoisotopic (exact) mass is 209 g/mol. The Morgan fingerprint density at radius 2 is 2.27 bits per heavy atom. The summed E-state index contributed by atoms with van der Waals surface area (Å²) in [5, 5.41) is 0. The summed E-state index contributed by atoms with van der Waals surface area (Å²) in [4.78, 5) is 14.8. The average molecular weight is 209 g/mol. The Labute approximate surface area is 85.6 Å². The molecule has 2 nitrogen and oxygen atoms in total. The lowest BCUT2D eigenvalue weighted by atomic mass is 9.99. The normalized spacial score (nSPS) is 18.7. The quantitative estimate of drug-likeness (QED) is 0.654. The fraction of sp³-hybridized carbons (Fsp3) is 0.273. The Hall–Kier alpha value is -1.58. The van der Waals surface area contributed by atoms with Gasteiger partial charge in [-0.1, -0.05) is 0 Å². The third-order valence-corrected chi connectivity index (χ3v) is 2.33. The van der Waals surface area contributed by atoms with Gasteiger partial charge in [-0.05, 0) is 24.6 Å². The number of hydrogen-bond donors (Lipinski definition) is 0. The second kappa shape index (κ2) is 3.53. The predicted molar refractivity (Wildman–Crippen MR) is 53.2 cm³/mol. The maximum Gasteiger partial charge on any atom is 0.159 e. The number of carbonyl (C=O) groups excluding carboxylic acids is 1. The van der Waals surface area contributed by atoms with Crippen molar-refractivity contribution in [3.8, 4) is 0 Å². The highest BCUT2D eigenvalue weighted by Crippen LogP contribution is 2.29. The predicted octanol–water partition coefficient (Wildman–Crippen LogP) is 2.62. The van der Waals surface area contributed by atoms with E-state index in [0.717, 1.165) is 12.3 Å². The molecule has 1 unspecified atom stereocenters. The van der Waals surface area contributed by atoms with Gasteiger partial charge in [0.05, 0.1) is 0 Å². The molecule has 0 bridgehead atoms. The Bertz CT molecular complexity index is 454. The van der Waals surface area contributed by atoms with Crippen LogP contribution in [-0.4, -0.2) is 18.2 Å². The van der Waals surface area contributed by atoms with Crippen LogP contribution in [0.4, 0.5) is 14.5 Å². The van der Waals surface area contributed by atoms with Gasteiger partial charge in [0.2, 0.25) is 0 Å². The minimum atomic E-state index is -1.20. The molecule has 1 aromatic rings. The van der Waals surface area contributed by atoms with Gasteiger partial charge in [-0.15, -0.1) is 0 Å². The fourth-order valence-corrected chi connectivity index (χ4v) is 1.58. The van der Waals surface area contributed by atoms with Crippen LogP contribution in [0.15, 0.2) is 17.1 Å². The van der Waals surface area contributed by atoms with Crippen molar-refractivity contribution >= 4 is 17.7 Å². The van der Waals surface area contributed by atoms with Crippen molar-refractivity contribution in [1.82, 2.24) is 0 Å². The zero-order valence-corrected chi connectivity index (χ0v) is 8.13. The van der Waals surface area contributed by atoms with E-state index in [0.29, 0.717) is 5.56 Å². The van der Waals surface area contributed by atoms with Crippen LogP contribution in [0.25, 0.3) is 0 Å². The second-order valence-electron chi connectivity index (χ2n) is 3.52. The molecular formula is C11H9F2NO. The highest BCUT2D eigenvalue weighted by molar-refractivity contribution is 5.95. The Kier molecular flexibility index (Phi) is 2.34. The summed E-state index contributed by atoms with van der Waals surface area (Å²) in [5.74, 6) is -0.803. The molecule has 0 N–H and O–H groups in total. The number of halogens is 2. The summed E-state index contributed by atoms with van der Waals surface area (Å²) in [6.45, 7) is 1.35. The third kappa shape index (κ3) is 1.79. The van der Waals surface area contributed by atoms with Gasteiger partial charge in [0.15, 0.2) is 5.78 Å². The lowest BCUT2D eigenvalue weighted by Crippen LogP contribution is -2.12. The first-order chi connectivity index (χ1) is 7.08. The Balaban J connectivity index is 2.55. The molecule has 78 valence electrons. The average Bonchev–Trinajstić information content (AvgIpc) is 2.16. The van der Waals surface area contributed by atoms with Gasteiger partial charge >= 0.3 is 0 Å². The van der Waals surface area contributed by atoms with Gasteiger partial charge in [0, 0.05) is 18.2 Å². The van der Waals surface area contributed by atoms with E-state index in [1.165, 1.54) is 13.0 Å². The number of ketones is 1. The molecule has 0 radical (unpaired) electrons. The van der Waals surface area contributed by atoms with Crippen molar-refractivity contribution in [2.75, 3.05) is 0 Å². The molecule has 1 aliphatic heterocycles. The molecule has 1 aliphatic rings. The van der Waals surface area contributed by atoms with E-state index in [-0.39, 0.29) is 23.5 Å². The Morgan fingerprint density at radius 1 is 1.53 bits per heavy atom. The largest absolute Gasteiger partial charge is 0.295 e. The number of aliphatic imine (C=N–C) groups is 1. The molecule has 1 atom stereocenters. The molecule has 4 heteroatoms. The van der Waals surface area contributed by atoms with Gasteiger partial charge in [-0.25, -0.2) is 8.78 Å². The van der Waals surface area contributed by atoms with Crippen LogP contribution in [-0.2, 0) is 6.42 Å².